The van der Waals surface area contributed by atoms with E-state index in [4.69, 9.17) is 16.4 Å². The lowest BCUT2D eigenvalue weighted by atomic mass is 10.2. The number of carbonyl (C=O) groups excluding carboxylic acids is 1. The molecule has 1 heterocycles. The molecule has 0 unspecified atom stereocenters. The van der Waals surface area contributed by atoms with Gasteiger partial charge in [0, 0.05) is 12.8 Å². The number of hydrogen-bond donors (Lipinski definition) is 0. The number of aromatic nitrogens is 2. The second-order valence-corrected chi connectivity index (χ2v) is 5.68. The Balaban J connectivity index is 2.22. The first-order valence-corrected chi connectivity index (χ1v) is 7.91. The van der Waals surface area contributed by atoms with E-state index in [1.165, 1.54) is 17.3 Å². The van der Waals surface area contributed by atoms with Gasteiger partial charge >= 0.3 is 0 Å². The number of hydroxylamine groups is 1. The average molecular weight is 338 g/mol. The number of hydrogen-bond acceptors (Lipinski definition) is 4. The lowest BCUT2D eigenvalue weighted by Gasteiger charge is -2.16. The predicted molar refractivity (Wildman–Crippen MR) is 88.9 cm³/mol. The quantitative estimate of drug-likeness (QED) is 0.320. The Labute approximate surface area is 138 Å². The van der Waals surface area contributed by atoms with Crippen LogP contribution in [-0.2, 0) is 22.4 Å². The van der Waals surface area contributed by atoms with Gasteiger partial charge in [0.15, 0.2) is 5.15 Å². The van der Waals surface area contributed by atoms with Gasteiger partial charge in [0.1, 0.15) is 10.7 Å². The summed E-state index contributed by atoms with van der Waals surface area (Å²) in [6.07, 6.45) is 2.12. The predicted octanol–water partition coefficient (Wildman–Crippen LogP) is 3.45. The van der Waals surface area contributed by atoms with E-state index in [1.54, 1.807) is 17.8 Å². The Morgan fingerprint density at radius 3 is 2.82 bits per heavy atom. The highest BCUT2D eigenvalue weighted by atomic mass is 35.5. The topological polar surface area (TPSA) is 47.4 Å². The van der Waals surface area contributed by atoms with Crippen molar-refractivity contribution in [1.29, 1.82) is 0 Å². The summed E-state index contributed by atoms with van der Waals surface area (Å²) in [7, 11) is 1.78. The van der Waals surface area contributed by atoms with Gasteiger partial charge in [-0.15, -0.1) is 6.58 Å². The molecule has 116 valence electrons. The molecule has 0 aliphatic carbocycles. The molecule has 2 rings (SSSR count). The second-order valence-electron chi connectivity index (χ2n) is 4.36. The van der Waals surface area contributed by atoms with Crippen LogP contribution in [0.1, 0.15) is 5.56 Å². The minimum Gasteiger partial charge on any atom is -0.276 e. The third-order valence-corrected chi connectivity index (χ3v) is 4.26. The van der Waals surface area contributed by atoms with Crippen LogP contribution in [-0.4, -0.2) is 22.8 Å². The van der Waals surface area contributed by atoms with Crippen LogP contribution in [0.15, 0.2) is 48.0 Å². The highest BCUT2D eigenvalue weighted by Gasteiger charge is 2.22. The summed E-state index contributed by atoms with van der Waals surface area (Å²) in [6.45, 7) is 3.76. The molecule has 1 aromatic heterocycles. The fourth-order valence-electron chi connectivity index (χ4n) is 1.82. The maximum Gasteiger partial charge on any atom is 0.238 e. The summed E-state index contributed by atoms with van der Waals surface area (Å²) in [4.78, 5) is 16.6. The van der Waals surface area contributed by atoms with E-state index in [9.17, 15) is 4.79 Å². The van der Waals surface area contributed by atoms with Crippen LogP contribution in [0.25, 0.3) is 0 Å². The smallest absolute Gasteiger partial charge is 0.238 e. The van der Waals surface area contributed by atoms with Crippen molar-refractivity contribution in [2.24, 2.45) is 7.05 Å². The molecule has 1 amide bonds. The number of nitrogens with zero attached hydrogens (tertiary/aromatic N) is 3. The number of carbonyl (C=O) groups is 1. The lowest BCUT2D eigenvalue weighted by Crippen LogP contribution is -2.22. The SMILES string of the molecule is C=CCON(C=O)c1c(Cl)nn(C)c1SCc1ccccc1. The normalized spacial score (nSPS) is 10.5. The maximum absolute atomic E-state index is 11.3. The van der Waals surface area contributed by atoms with Gasteiger partial charge in [-0.2, -0.15) is 10.2 Å². The molecule has 0 bridgehead atoms. The molecule has 0 aliphatic heterocycles. The van der Waals surface area contributed by atoms with Crippen LogP contribution in [0.2, 0.25) is 5.15 Å². The van der Waals surface area contributed by atoms with E-state index < -0.39 is 0 Å². The van der Waals surface area contributed by atoms with E-state index in [0.717, 1.165) is 15.8 Å². The van der Waals surface area contributed by atoms with Crippen LogP contribution in [0.3, 0.4) is 0 Å². The highest BCUT2D eigenvalue weighted by molar-refractivity contribution is 7.98. The Kier molecular flexibility index (Phi) is 6.06. The standard InChI is InChI=1S/C15H16ClN3O2S/c1-3-9-21-19(11-20)13-14(16)17-18(2)15(13)22-10-12-7-5-4-6-8-12/h3-8,11H,1,9-10H2,2H3. The molecule has 5 nitrogen and oxygen atoms in total. The monoisotopic (exact) mass is 337 g/mol. The van der Waals surface area contributed by atoms with Gasteiger partial charge in [-0.3, -0.25) is 14.3 Å². The van der Waals surface area contributed by atoms with E-state index in [-0.39, 0.29) is 11.8 Å². The first kappa shape index (κ1) is 16.6. The lowest BCUT2D eigenvalue weighted by molar-refractivity contribution is -0.113. The Bertz CT molecular complexity index is 646. The van der Waals surface area contributed by atoms with Gasteiger partial charge in [0.2, 0.25) is 6.41 Å². The molecule has 2 aromatic rings. The molecule has 0 radical (unpaired) electrons. The first-order chi connectivity index (χ1) is 10.7. The third kappa shape index (κ3) is 3.91. The average Bonchev–Trinajstić information content (AvgIpc) is 2.81. The van der Waals surface area contributed by atoms with Gasteiger partial charge in [0.05, 0.1) is 6.61 Å². The van der Waals surface area contributed by atoms with E-state index in [1.807, 2.05) is 30.3 Å². The zero-order chi connectivity index (χ0) is 15.9. The summed E-state index contributed by atoms with van der Waals surface area (Å²) in [5, 5.41) is 6.21. The van der Waals surface area contributed by atoms with Crippen molar-refractivity contribution in [3.63, 3.8) is 0 Å². The molecule has 7 heteroatoms. The number of aryl methyl sites for hydroxylation is 1. The molecule has 0 N–H and O–H groups in total. The molecular formula is C15H16ClN3O2S. The summed E-state index contributed by atoms with van der Waals surface area (Å²) in [6, 6.07) is 10.0. The number of benzene rings is 1. The molecular weight excluding hydrogens is 322 g/mol. The molecule has 0 atom stereocenters. The fraction of sp³-hybridized carbons (Fsp3) is 0.200. The number of thioether (sulfide) groups is 1. The van der Waals surface area contributed by atoms with Crippen LogP contribution in [0.5, 0.6) is 0 Å². The molecule has 0 spiro atoms. The Morgan fingerprint density at radius 2 is 2.18 bits per heavy atom. The van der Waals surface area contributed by atoms with Crippen molar-refractivity contribution < 1.29 is 9.63 Å². The van der Waals surface area contributed by atoms with Crippen LogP contribution < -0.4 is 5.06 Å². The Morgan fingerprint density at radius 1 is 1.45 bits per heavy atom. The summed E-state index contributed by atoms with van der Waals surface area (Å²) in [5.74, 6) is 0.734. The molecule has 1 aromatic carbocycles. The molecule has 0 saturated carbocycles. The second kappa shape index (κ2) is 8.03. The number of halogens is 1. The number of amides is 1. The number of rotatable bonds is 8. The van der Waals surface area contributed by atoms with Crippen LogP contribution in [0, 0.1) is 0 Å². The van der Waals surface area contributed by atoms with Gasteiger partial charge < -0.3 is 0 Å². The maximum atomic E-state index is 11.3. The summed E-state index contributed by atoms with van der Waals surface area (Å²) >= 11 is 7.67. The zero-order valence-electron chi connectivity index (χ0n) is 12.1. The van der Waals surface area contributed by atoms with Crippen LogP contribution in [0.4, 0.5) is 5.69 Å². The fourth-order valence-corrected chi connectivity index (χ4v) is 3.21. The minimum atomic E-state index is 0.201. The van der Waals surface area contributed by atoms with Gasteiger partial charge in [0.25, 0.3) is 0 Å². The summed E-state index contributed by atoms with van der Waals surface area (Å²) in [5.41, 5.74) is 1.61. The van der Waals surface area contributed by atoms with Crippen molar-refractivity contribution in [2.45, 2.75) is 10.8 Å². The molecule has 0 aliphatic rings. The molecule has 0 fully saturated rings. The van der Waals surface area contributed by atoms with E-state index in [0.29, 0.717) is 12.1 Å². The molecule has 0 saturated heterocycles. The van der Waals surface area contributed by atoms with Gasteiger partial charge in [-0.1, -0.05) is 59.8 Å². The number of anilines is 1. The summed E-state index contributed by atoms with van der Waals surface area (Å²) < 4.78 is 1.64. The first-order valence-electron chi connectivity index (χ1n) is 6.55. The van der Waals surface area contributed by atoms with Crippen molar-refractivity contribution in [3.8, 4) is 0 Å². The highest BCUT2D eigenvalue weighted by Crippen LogP contribution is 2.37. The Hall–Kier alpha value is -1.76. The minimum absolute atomic E-state index is 0.201. The van der Waals surface area contributed by atoms with Gasteiger partial charge in [-0.05, 0) is 5.56 Å². The third-order valence-electron chi connectivity index (χ3n) is 2.80. The zero-order valence-corrected chi connectivity index (χ0v) is 13.7. The molecule has 22 heavy (non-hydrogen) atoms. The van der Waals surface area contributed by atoms with Crippen molar-refractivity contribution in [2.75, 3.05) is 11.7 Å². The van der Waals surface area contributed by atoms with E-state index in [2.05, 4.69) is 11.7 Å². The van der Waals surface area contributed by atoms with Crippen molar-refractivity contribution in [1.82, 2.24) is 9.78 Å². The van der Waals surface area contributed by atoms with E-state index >= 15 is 0 Å². The van der Waals surface area contributed by atoms with Crippen molar-refractivity contribution in [3.05, 3.63) is 53.7 Å². The van der Waals surface area contributed by atoms with Gasteiger partial charge in [-0.25, -0.2) is 0 Å². The largest absolute Gasteiger partial charge is 0.276 e. The van der Waals surface area contributed by atoms with Crippen LogP contribution >= 0.6 is 23.4 Å². The van der Waals surface area contributed by atoms with Crippen molar-refractivity contribution >= 4 is 35.5 Å².